The van der Waals surface area contributed by atoms with Gasteiger partial charge in [0.25, 0.3) is 11.8 Å². The van der Waals surface area contributed by atoms with Crippen LogP contribution < -0.4 is 20.1 Å². The van der Waals surface area contributed by atoms with E-state index in [0.717, 1.165) is 6.42 Å². The molecule has 0 aromatic heterocycles. The first kappa shape index (κ1) is 23.8. The standard InChI is InChI=1S/C23H24ClN3O4/c1-4-15(2)26-23(29)17(13-25)11-16-9-10-20(21(12-16)30-3)31-14-22(28)27-19-8-6-5-7-18(19)24/h5-12,15H,4,14H2,1-3H3,(H,26,29)(H,27,28)/b17-11+/t15-/m0/s1. The van der Waals surface area contributed by atoms with Gasteiger partial charge in [0.05, 0.1) is 17.8 Å². The molecule has 0 spiro atoms. The van der Waals surface area contributed by atoms with Crippen LogP contribution in [0.15, 0.2) is 48.0 Å². The summed E-state index contributed by atoms with van der Waals surface area (Å²) in [5.74, 6) is -0.115. The maximum Gasteiger partial charge on any atom is 0.262 e. The lowest BCUT2D eigenvalue weighted by Gasteiger charge is -2.12. The summed E-state index contributed by atoms with van der Waals surface area (Å²) >= 11 is 6.03. The van der Waals surface area contributed by atoms with Gasteiger partial charge in [-0.15, -0.1) is 0 Å². The summed E-state index contributed by atoms with van der Waals surface area (Å²) < 4.78 is 10.9. The molecular formula is C23H24ClN3O4. The molecule has 0 aliphatic heterocycles. The number of ether oxygens (including phenoxy) is 2. The molecule has 0 saturated carbocycles. The average Bonchev–Trinajstić information content (AvgIpc) is 2.77. The summed E-state index contributed by atoms with van der Waals surface area (Å²) in [4.78, 5) is 24.4. The fourth-order valence-corrected chi connectivity index (χ4v) is 2.69. The second kappa shape index (κ2) is 11.6. The third kappa shape index (κ3) is 7.05. The Bertz CT molecular complexity index is 1010. The van der Waals surface area contributed by atoms with Crippen LogP contribution in [0.3, 0.4) is 0 Å². The number of nitrogens with zero attached hydrogens (tertiary/aromatic N) is 1. The van der Waals surface area contributed by atoms with Crippen LogP contribution in [0.2, 0.25) is 5.02 Å². The molecule has 162 valence electrons. The zero-order valence-corrected chi connectivity index (χ0v) is 18.3. The molecule has 2 amide bonds. The smallest absolute Gasteiger partial charge is 0.262 e. The molecule has 1 atom stereocenters. The maximum atomic E-state index is 12.2. The maximum absolute atomic E-state index is 12.2. The zero-order chi connectivity index (χ0) is 22.8. The Morgan fingerprint density at radius 1 is 1.23 bits per heavy atom. The highest BCUT2D eigenvalue weighted by molar-refractivity contribution is 6.33. The predicted octanol–water partition coefficient (Wildman–Crippen LogP) is 4.19. The van der Waals surface area contributed by atoms with E-state index in [1.165, 1.54) is 13.2 Å². The van der Waals surface area contributed by atoms with E-state index in [1.54, 1.807) is 42.5 Å². The van der Waals surface area contributed by atoms with Gasteiger partial charge in [0.1, 0.15) is 11.6 Å². The number of hydrogen-bond donors (Lipinski definition) is 2. The van der Waals surface area contributed by atoms with E-state index < -0.39 is 5.91 Å². The normalized spacial score (nSPS) is 11.8. The number of amides is 2. The summed E-state index contributed by atoms with van der Waals surface area (Å²) in [6, 6.07) is 13.7. The van der Waals surface area contributed by atoms with Crippen molar-refractivity contribution in [3.8, 4) is 17.6 Å². The number of benzene rings is 2. The van der Waals surface area contributed by atoms with E-state index in [-0.39, 0.29) is 24.1 Å². The van der Waals surface area contributed by atoms with Crippen LogP contribution in [0.25, 0.3) is 6.08 Å². The van der Waals surface area contributed by atoms with Gasteiger partial charge in [-0.25, -0.2) is 0 Å². The third-order valence-corrected chi connectivity index (χ3v) is 4.69. The van der Waals surface area contributed by atoms with Gasteiger partial charge in [0.2, 0.25) is 0 Å². The number of nitrogens with one attached hydrogen (secondary N) is 2. The summed E-state index contributed by atoms with van der Waals surface area (Å²) in [7, 11) is 1.46. The van der Waals surface area contributed by atoms with Crippen LogP contribution in [0, 0.1) is 11.3 Å². The molecule has 0 aliphatic rings. The van der Waals surface area contributed by atoms with Crippen LogP contribution >= 0.6 is 11.6 Å². The summed E-state index contributed by atoms with van der Waals surface area (Å²) in [5.41, 5.74) is 1.06. The second-order valence-electron chi connectivity index (χ2n) is 6.68. The number of nitriles is 1. The van der Waals surface area contributed by atoms with Crippen molar-refractivity contribution in [2.45, 2.75) is 26.3 Å². The van der Waals surface area contributed by atoms with E-state index in [9.17, 15) is 14.9 Å². The van der Waals surface area contributed by atoms with Gasteiger partial charge in [0, 0.05) is 6.04 Å². The first-order valence-corrected chi connectivity index (χ1v) is 10.0. The first-order valence-electron chi connectivity index (χ1n) is 9.65. The van der Waals surface area contributed by atoms with Crippen LogP contribution in [0.4, 0.5) is 5.69 Å². The molecule has 0 bridgehead atoms. The highest BCUT2D eigenvalue weighted by Gasteiger charge is 2.13. The van der Waals surface area contributed by atoms with E-state index in [4.69, 9.17) is 21.1 Å². The van der Waals surface area contributed by atoms with E-state index in [0.29, 0.717) is 27.8 Å². The van der Waals surface area contributed by atoms with Crippen molar-refractivity contribution in [1.29, 1.82) is 5.26 Å². The molecule has 2 rings (SSSR count). The molecule has 0 unspecified atom stereocenters. The van der Waals surface area contributed by atoms with E-state index in [2.05, 4.69) is 10.6 Å². The molecule has 2 N–H and O–H groups in total. The second-order valence-corrected chi connectivity index (χ2v) is 7.09. The molecule has 2 aromatic rings. The number of carbonyl (C=O) groups is 2. The Morgan fingerprint density at radius 3 is 2.61 bits per heavy atom. The van der Waals surface area contributed by atoms with Crippen molar-refractivity contribution < 1.29 is 19.1 Å². The molecule has 2 aromatic carbocycles. The van der Waals surface area contributed by atoms with Crippen LogP contribution in [0.1, 0.15) is 25.8 Å². The minimum Gasteiger partial charge on any atom is -0.493 e. The molecule has 31 heavy (non-hydrogen) atoms. The van der Waals surface area contributed by atoms with Crippen molar-refractivity contribution in [2.75, 3.05) is 19.0 Å². The van der Waals surface area contributed by atoms with Gasteiger partial charge in [-0.2, -0.15) is 5.26 Å². The number of rotatable bonds is 9. The number of para-hydroxylation sites is 1. The molecule has 0 radical (unpaired) electrons. The SMILES string of the molecule is CC[C@H](C)NC(=O)/C(C#N)=C/c1ccc(OCC(=O)Nc2ccccc2Cl)c(OC)c1. The van der Waals surface area contributed by atoms with Crippen LogP contribution in [-0.2, 0) is 9.59 Å². The van der Waals surface area contributed by atoms with Gasteiger partial charge in [-0.3, -0.25) is 9.59 Å². The quantitative estimate of drug-likeness (QED) is 0.449. The predicted molar refractivity (Wildman–Crippen MR) is 120 cm³/mol. The Balaban J connectivity index is 2.08. The first-order chi connectivity index (χ1) is 14.9. The van der Waals surface area contributed by atoms with Gasteiger partial charge in [0.15, 0.2) is 18.1 Å². The Kier molecular flexibility index (Phi) is 8.92. The lowest BCUT2D eigenvalue weighted by Crippen LogP contribution is -2.32. The van der Waals surface area contributed by atoms with Gasteiger partial charge in [-0.1, -0.05) is 36.7 Å². The highest BCUT2D eigenvalue weighted by Crippen LogP contribution is 2.29. The lowest BCUT2D eigenvalue weighted by atomic mass is 10.1. The fourth-order valence-electron chi connectivity index (χ4n) is 2.50. The molecule has 0 heterocycles. The number of carbonyl (C=O) groups excluding carboxylic acids is 2. The van der Waals surface area contributed by atoms with Gasteiger partial charge < -0.3 is 20.1 Å². The fraction of sp³-hybridized carbons (Fsp3) is 0.261. The number of anilines is 1. The van der Waals surface area contributed by atoms with Crippen molar-refractivity contribution >= 4 is 35.2 Å². The Labute approximate surface area is 186 Å². The largest absolute Gasteiger partial charge is 0.493 e. The highest BCUT2D eigenvalue weighted by atomic mass is 35.5. The average molecular weight is 442 g/mol. The van der Waals surface area contributed by atoms with Crippen molar-refractivity contribution in [3.05, 3.63) is 58.6 Å². The number of halogens is 1. The Morgan fingerprint density at radius 2 is 1.97 bits per heavy atom. The van der Waals surface area contributed by atoms with Crippen LogP contribution in [0.5, 0.6) is 11.5 Å². The van der Waals surface area contributed by atoms with Crippen LogP contribution in [-0.4, -0.2) is 31.6 Å². The number of hydrogen-bond acceptors (Lipinski definition) is 5. The molecular weight excluding hydrogens is 418 g/mol. The summed E-state index contributed by atoms with van der Waals surface area (Å²) in [6.07, 6.45) is 2.22. The molecule has 0 saturated heterocycles. The minimum atomic E-state index is -0.438. The van der Waals surface area contributed by atoms with Gasteiger partial charge in [-0.05, 0) is 49.2 Å². The third-order valence-electron chi connectivity index (χ3n) is 4.36. The topological polar surface area (TPSA) is 100 Å². The summed E-state index contributed by atoms with van der Waals surface area (Å²) in [6.45, 7) is 3.56. The minimum absolute atomic E-state index is 0.0184. The molecule has 0 aliphatic carbocycles. The number of methoxy groups -OCH3 is 1. The van der Waals surface area contributed by atoms with Crippen molar-refractivity contribution in [2.24, 2.45) is 0 Å². The lowest BCUT2D eigenvalue weighted by molar-refractivity contribution is -0.118. The molecule has 8 heteroatoms. The van der Waals surface area contributed by atoms with Crippen molar-refractivity contribution in [1.82, 2.24) is 5.32 Å². The monoisotopic (exact) mass is 441 g/mol. The zero-order valence-electron chi connectivity index (χ0n) is 17.6. The van der Waals surface area contributed by atoms with E-state index in [1.807, 2.05) is 19.9 Å². The Hall–Kier alpha value is -3.50. The van der Waals surface area contributed by atoms with Gasteiger partial charge >= 0.3 is 0 Å². The van der Waals surface area contributed by atoms with E-state index >= 15 is 0 Å². The van der Waals surface area contributed by atoms with Crippen molar-refractivity contribution in [3.63, 3.8) is 0 Å². The molecule has 7 nitrogen and oxygen atoms in total. The molecule has 0 fully saturated rings. The summed E-state index contributed by atoms with van der Waals surface area (Å²) in [5, 5.41) is 15.2.